The molecular weight excluding hydrogens is 243 g/mol. The predicted molar refractivity (Wildman–Crippen MR) is 68.0 cm³/mol. The third kappa shape index (κ3) is 5.04. The van der Waals surface area contributed by atoms with Gasteiger partial charge in [-0.15, -0.1) is 11.6 Å². The van der Waals surface area contributed by atoms with Gasteiger partial charge in [0.1, 0.15) is 11.7 Å². The highest BCUT2D eigenvalue weighted by atomic mass is 35.5. The van der Waals surface area contributed by atoms with Gasteiger partial charge in [0.25, 0.3) is 0 Å². The fourth-order valence-electron chi connectivity index (χ4n) is 1.42. The van der Waals surface area contributed by atoms with Gasteiger partial charge in [-0.2, -0.15) is 0 Å². The van der Waals surface area contributed by atoms with E-state index in [0.29, 0.717) is 6.54 Å². The van der Waals surface area contributed by atoms with Crippen molar-refractivity contribution in [3.05, 3.63) is 30.1 Å². The molecule has 0 aromatic heterocycles. The minimum Gasteiger partial charge on any atom is -0.375 e. The third-order valence-corrected chi connectivity index (χ3v) is 2.62. The zero-order chi connectivity index (χ0) is 12.7. The van der Waals surface area contributed by atoms with Gasteiger partial charge in [0.2, 0.25) is 5.91 Å². The molecule has 0 saturated heterocycles. The van der Waals surface area contributed by atoms with Gasteiger partial charge in [0.05, 0.1) is 0 Å². The Hall–Kier alpha value is -1.29. The number of amides is 1. The summed E-state index contributed by atoms with van der Waals surface area (Å²) < 4.78 is 12.7. The van der Waals surface area contributed by atoms with Gasteiger partial charge in [0.15, 0.2) is 0 Å². The maximum atomic E-state index is 12.7. The number of halogens is 2. The fourth-order valence-corrected chi connectivity index (χ4v) is 1.51. The summed E-state index contributed by atoms with van der Waals surface area (Å²) in [6.45, 7) is 1.38. The molecule has 0 heterocycles. The first-order valence-electron chi connectivity index (χ1n) is 5.43. The van der Waals surface area contributed by atoms with Gasteiger partial charge in [-0.25, -0.2) is 4.39 Å². The van der Waals surface area contributed by atoms with Gasteiger partial charge in [-0.05, 0) is 30.7 Å². The summed E-state index contributed by atoms with van der Waals surface area (Å²) in [7, 11) is 1.93. The molecule has 1 amide bonds. The van der Waals surface area contributed by atoms with Crippen molar-refractivity contribution in [2.75, 3.05) is 30.9 Å². The van der Waals surface area contributed by atoms with Crippen molar-refractivity contribution in [3.63, 3.8) is 0 Å². The summed E-state index contributed by atoms with van der Waals surface area (Å²) in [5.74, 6) is -0.402. The number of rotatable bonds is 6. The van der Waals surface area contributed by atoms with Gasteiger partial charge >= 0.3 is 0 Å². The summed E-state index contributed by atoms with van der Waals surface area (Å²) in [6, 6.07) is 6.32. The number of alkyl halides is 1. The molecule has 0 aliphatic heterocycles. The molecule has 5 heteroatoms. The minimum atomic E-state index is -0.239. The lowest BCUT2D eigenvalue weighted by molar-refractivity contribution is -0.118. The Morgan fingerprint density at radius 3 is 2.65 bits per heavy atom. The normalized spacial score (nSPS) is 10.1. The molecule has 0 aliphatic carbocycles. The van der Waals surface area contributed by atoms with Crippen molar-refractivity contribution in [1.82, 2.24) is 5.32 Å². The second-order valence-corrected chi connectivity index (χ2v) is 4.00. The van der Waals surface area contributed by atoms with E-state index in [1.807, 2.05) is 11.9 Å². The zero-order valence-electron chi connectivity index (χ0n) is 9.75. The molecule has 17 heavy (non-hydrogen) atoms. The Morgan fingerprint density at radius 2 is 2.06 bits per heavy atom. The topological polar surface area (TPSA) is 32.3 Å². The van der Waals surface area contributed by atoms with Crippen LogP contribution in [-0.2, 0) is 4.79 Å². The molecule has 0 spiro atoms. The third-order valence-electron chi connectivity index (χ3n) is 2.38. The number of benzene rings is 1. The first-order chi connectivity index (χ1) is 8.13. The van der Waals surface area contributed by atoms with E-state index in [2.05, 4.69) is 5.32 Å². The number of carbonyl (C=O) groups excluding carboxylic acids is 1. The molecule has 1 rings (SSSR count). The van der Waals surface area contributed by atoms with Crippen molar-refractivity contribution in [1.29, 1.82) is 0 Å². The lowest BCUT2D eigenvalue weighted by atomic mass is 10.2. The summed E-state index contributed by atoms with van der Waals surface area (Å²) in [5, 5.41) is 2.69. The molecule has 0 fully saturated rings. The number of hydrogen-bond donors (Lipinski definition) is 1. The van der Waals surface area contributed by atoms with E-state index in [-0.39, 0.29) is 17.6 Å². The van der Waals surface area contributed by atoms with Crippen LogP contribution in [0.2, 0.25) is 0 Å². The highest BCUT2D eigenvalue weighted by molar-refractivity contribution is 6.27. The van der Waals surface area contributed by atoms with Crippen molar-refractivity contribution in [2.24, 2.45) is 0 Å². The SMILES string of the molecule is CN(CCCNC(=O)CCl)c1ccc(F)cc1. The number of anilines is 1. The monoisotopic (exact) mass is 258 g/mol. The average molecular weight is 259 g/mol. The maximum absolute atomic E-state index is 12.7. The van der Waals surface area contributed by atoms with Crippen LogP contribution in [0.4, 0.5) is 10.1 Å². The van der Waals surface area contributed by atoms with Crippen LogP contribution in [0.3, 0.4) is 0 Å². The van der Waals surface area contributed by atoms with Crippen molar-refractivity contribution < 1.29 is 9.18 Å². The Kier molecular flexibility index (Phi) is 5.77. The van der Waals surface area contributed by atoms with Gasteiger partial charge < -0.3 is 10.2 Å². The van der Waals surface area contributed by atoms with Gasteiger partial charge in [0, 0.05) is 25.8 Å². The van der Waals surface area contributed by atoms with E-state index in [9.17, 15) is 9.18 Å². The summed E-state index contributed by atoms with van der Waals surface area (Å²) >= 11 is 5.35. The first-order valence-corrected chi connectivity index (χ1v) is 5.96. The molecule has 1 N–H and O–H groups in total. The van der Waals surface area contributed by atoms with Crippen molar-refractivity contribution >= 4 is 23.2 Å². The number of hydrogen-bond acceptors (Lipinski definition) is 2. The van der Waals surface area contributed by atoms with E-state index in [0.717, 1.165) is 18.7 Å². The largest absolute Gasteiger partial charge is 0.375 e. The standard InChI is InChI=1S/C12H16ClFN2O/c1-16(8-2-7-15-12(17)9-13)11-5-3-10(14)4-6-11/h3-6H,2,7-9H2,1H3,(H,15,17). The molecule has 0 unspecified atom stereocenters. The molecule has 1 aromatic rings. The van der Waals surface area contributed by atoms with E-state index >= 15 is 0 Å². The van der Waals surface area contributed by atoms with Crippen molar-refractivity contribution in [2.45, 2.75) is 6.42 Å². The van der Waals surface area contributed by atoms with Crippen LogP contribution < -0.4 is 10.2 Å². The number of nitrogens with zero attached hydrogens (tertiary/aromatic N) is 1. The van der Waals surface area contributed by atoms with E-state index in [1.165, 1.54) is 12.1 Å². The molecule has 0 saturated carbocycles. The van der Waals surface area contributed by atoms with E-state index in [1.54, 1.807) is 12.1 Å². The highest BCUT2D eigenvalue weighted by Crippen LogP contribution is 2.12. The molecule has 0 aliphatic rings. The smallest absolute Gasteiger partial charge is 0.234 e. The maximum Gasteiger partial charge on any atom is 0.234 e. The number of nitrogens with one attached hydrogen (secondary N) is 1. The lowest BCUT2D eigenvalue weighted by Crippen LogP contribution is -2.28. The van der Waals surface area contributed by atoms with Gasteiger partial charge in [-0.1, -0.05) is 0 Å². The number of carbonyl (C=O) groups is 1. The second kappa shape index (κ2) is 7.12. The lowest BCUT2D eigenvalue weighted by Gasteiger charge is -2.19. The second-order valence-electron chi connectivity index (χ2n) is 3.74. The van der Waals surface area contributed by atoms with Crippen LogP contribution in [-0.4, -0.2) is 31.9 Å². The molecule has 0 radical (unpaired) electrons. The Labute approximate surface area is 106 Å². The van der Waals surface area contributed by atoms with Crippen LogP contribution in [0.1, 0.15) is 6.42 Å². The first kappa shape index (κ1) is 13.8. The van der Waals surface area contributed by atoms with E-state index in [4.69, 9.17) is 11.6 Å². The van der Waals surface area contributed by atoms with Crippen LogP contribution in [0, 0.1) is 5.82 Å². The average Bonchev–Trinajstić information content (AvgIpc) is 2.34. The molecule has 1 aromatic carbocycles. The Balaban J connectivity index is 2.27. The van der Waals surface area contributed by atoms with Crippen LogP contribution in [0.15, 0.2) is 24.3 Å². The Morgan fingerprint density at radius 1 is 1.41 bits per heavy atom. The molecule has 94 valence electrons. The quantitative estimate of drug-likeness (QED) is 0.625. The van der Waals surface area contributed by atoms with Gasteiger partial charge in [-0.3, -0.25) is 4.79 Å². The molecular formula is C12H16ClFN2O. The van der Waals surface area contributed by atoms with Crippen LogP contribution in [0.25, 0.3) is 0 Å². The van der Waals surface area contributed by atoms with Crippen LogP contribution in [0.5, 0.6) is 0 Å². The van der Waals surface area contributed by atoms with Crippen molar-refractivity contribution in [3.8, 4) is 0 Å². The van der Waals surface area contributed by atoms with Crippen LogP contribution >= 0.6 is 11.6 Å². The fraction of sp³-hybridized carbons (Fsp3) is 0.417. The molecule has 0 bridgehead atoms. The minimum absolute atomic E-state index is 0.00615. The van der Waals surface area contributed by atoms with E-state index < -0.39 is 0 Å². The summed E-state index contributed by atoms with van der Waals surface area (Å²) in [5.41, 5.74) is 0.954. The highest BCUT2D eigenvalue weighted by Gasteiger charge is 2.01. The predicted octanol–water partition coefficient (Wildman–Crippen LogP) is 2.01. The molecule has 0 atom stereocenters. The Bertz CT molecular complexity index is 356. The molecule has 3 nitrogen and oxygen atoms in total. The zero-order valence-corrected chi connectivity index (χ0v) is 10.5. The summed E-state index contributed by atoms with van der Waals surface area (Å²) in [4.78, 5) is 12.9. The summed E-state index contributed by atoms with van der Waals surface area (Å²) in [6.07, 6.45) is 0.816.